The molecule has 2 aliphatic rings. The molecule has 4 rings (SSSR count). The lowest BCUT2D eigenvalue weighted by Crippen LogP contribution is -2.47. The molecule has 0 spiro atoms. The topological polar surface area (TPSA) is 64.8 Å². The van der Waals surface area contributed by atoms with Gasteiger partial charge in [0, 0.05) is 24.7 Å². The highest BCUT2D eigenvalue weighted by molar-refractivity contribution is 5.95. The highest BCUT2D eigenvalue weighted by atomic mass is 19.3. The van der Waals surface area contributed by atoms with E-state index in [9.17, 15) is 13.6 Å². The van der Waals surface area contributed by atoms with Gasteiger partial charge in [0.05, 0.1) is 0 Å². The monoisotopic (exact) mass is 374 g/mol. The lowest BCUT2D eigenvalue weighted by molar-refractivity contribution is -0.286. The highest BCUT2D eigenvalue weighted by Gasteiger charge is 2.43. The number of benzene rings is 2. The van der Waals surface area contributed by atoms with Crippen LogP contribution >= 0.6 is 0 Å². The summed E-state index contributed by atoms with van der Waals surface area (Å²) < 4.78 is 35.2. The van der Waals surface area contributed by atoms with E-state index >= 15 is 0 Å². The highest BCUT2D eigenvalue weighted by Crippen LogP contribution is 2.42. The normalized spacial score (nSPS) is 20.6. The summed E-state index contributed by atoms with van der Waals surface area (Å²) in [4.78, 5) is 14.6. The average Bonchev–Trinajstić information content (AvgIpc) is 3.00. The third-order valence-corrected chi connectivity index (χ3v) is 5.03. The summed E-state index contributed by atoms with van der Waals surface area (Å²) >= 11 is 0. The Kier molecular flexibility index (Phi) is 4.47. The molecule has 5 nitrogen and oxygen atoms in total. The van der Waals surface area contributed by atoms with Crippen molar-refractivity contribution in [2.24, 2.45) is 5.73 Å². The van der Waals surface area contributed by atoms with Gasteiger partial charge in [-0.1, -0.05) is 18.2 Å². The van der Waals surface area contributed by atoms with Crippen LogP contribution in [0.25, 0.3) is 11.1 Å². The van der Waals surface area contributed by atoms with Gasteiger partial charge in [0.15, 0.2) is 11.5 Å². The Morgan fingerprint density at radius 1 is 1.07 bits per heavy atom. The Hall–Kier alpha value is -2.67. The van der Waals surface area contributed by atoms with Crippen molar-refractivity contribution in [3.05, 3.63) is 48.0 Å². The number of carbonyl (C=O) groups excluding carboxylic acids is 1. The first-order valence-electron chi connectivity index (χ1n) is 8.98. The van der Waals surface area contributed by atoms with Crippen molar-refractivity contribution in [1.29, 1.82) is 0 Å². The van der Waals surface area contributed by atoms with Crippen molar-refractivity contribution in [3.8, 4) is 22.6 Å². The zero-order valence-electron chi connectivity index (χ0n) is 14.7. The molecule has 2 aromatic rings. The summed E-state index contributed by atoms with van der Waals surface area (Å²) in [6, 6.07) is 11.8. The smallest absolute Gasteiger partial charge is 0.395 e. The largest absolute Gasteiger partial charge is 0.586 e. The Bertz CT molecular complexity index is 855. The van der Waals surface area contributed by atoms with Crippen molar-refractivity contribution in [2.75, 3.05) is 13.1 Å². The quantitative estimate of drug-likeness (QED) is 0.891. The first-order chi connectivity index (χ1) is 13.0. The maximum absolute atomic E-state index is 13.2. The summed E-state index contributed by atoms with van der Waals surface area (Å²) in [7, 11) is 0. The van der Waals surface area contributed by atoms with Crippen LogP contribution in [0.5, 0.6) is 11.5 Å². The molecule has 0 bridgehead atoms. The van der Waals surface area contributed by atoms with Gasteiger partial charge < -0.3 is 20.1 Å². The van der Waals surface area contributed by atoms with E-state index in [4.69, 9.17) is 5.73 Å². The summed E-state index contributed by atoms with van der Waals surface area (Å²) in [5, 5.41) is 0. The van der Waals surface area contributed by atoms with Gasteiger partial charge in [-0.3, -0.25) is 4.79 Å². The van der Waals surface area contributed by atoms with Crippen LogP contribution in [-0.2, 0) is 0 Å². The van der Waals surface area contributed by atoms with Gasteiger partial charge in [0.2, 0.25) is 0 Å². The molecular weight excluding hydrogens is 354 g/mol. The van der Waals surface area contributed by atoms with Crippen LogP contribution in [0, 0.1) is 0 Å². The van der Waals surface area contributed by atoms with E-state index in [1.165, 1.54) is 12.1 Å². The molecule has 0 aromatic heterocycles. The van der Waals surface area contributed by atoms with E-state index in [0.717, 1.165) is 31.4 Å². The number of amides is 1. The van der Waals surface area contributed by atoms with Gasteiger partial charge in [0.25, 0.3) is 5.91 Å². The molecule has 2 N–H and O–H groups in total. The third kappa shape index (κ3) is 3.47. The number of likely N-dealkylation sites (tertiary alicyclic amines) is 1. The van der Waals surface area contributed by atoms with Gasteiger partial charge in [-0.05, 0) is 54.7 Å². The van der Waals surface area contributed by atoms with Gasteiger partial charge in [-0.2, -0.15) is 0 Å². The molecule has 7 heteroatoms. The standard InChI is InChI=1S/C20H20F2N2O3/c21-20(22)26-17-9-8-15(11-18(17)27-20)13-4-6-14(7-5-13)19(25)24-10-2-1-3-16(24)12-23/h4-9,11,16H,1-3,10,12,23H2/t16-/m1/s1. The van der Waals surface area contributed by atoms with E-state index in [2.05, 4.69) is 9.47 Å². The number of nitrogens with zero attached hydrogens (tertiary/aromatic N) is 1. The number of nitrogens with two attached hydrogens (primary N) is 1. The zero-order valence-corrected chi connectivity index (χ0v) is 14.7. The van der Waals surface area contributed by atoms with Crippen LogP contribution < -0.4 is 15.2 Å². The zero-order chi connectivity index (χ0) is 19.0. The van der Waals surface area contributed by atoms with Gasteiger partial charge in [-0.15, -0.1) is 8.78 Å². The Morgan fingerprint density at radius 2 is 1.78 bits per heavy atom. The molecule has 2 aliphatic heterocycles. The van der Waals surface area contributed by atoms with Crippen LogP contribution in [0.3, 0.4) is 0 Å². The molecule has 1 saturated heterocycles. The molecule has 0 aliphatic carbocycles. The number of hydrogen-bond donors (Lipinski definition) is 1. The Labute approximate surface area is 155 Å². The van der Waals surface area contributed by atoms with Crippen molar-refractivity contribution in [3.63, 3.8) is 0 Å². The molecule has 1 amide bonds. The minimum Gasteiger partial charge on any atom is -0.395 e. The number of ether oxygens (including phenoxy) is 2. The Balaban J connectivity index is 1.54. The number of fused-ring (bicyclic) bond motifs is 1. The second-order valence-electron chi connectivity index (χ2n) is 6.79. The van der Waals surface area contributed by atoms with E-state index in [-0.39, 0.29) is 23.4 Å². The fraction of sp³-hybridized carbons (Fsp3) is 0.350. The van der Waals surface area contributed by atoms with E-state index in [0.29, 0.717) is 17.7 Å². The van der Waals surface area contributed by atoms with Gasteiger partial charge in [0.1, 0.15) is 0 Å². The molecule has 142 valence electrons. The molecule has 27 heavy (non-hydrogen) atoms. The van der Waals surface area contributed by atoms with Crippen molar-refractivity contribution in [1.82, 2.24) is 4.90 Å². The van der Waals surface area contributed by atoms with Crippen molar-refractivity contribution >= 4 is 5.91 Å². The lowest BCUT2D eigenvalue weighted by Gasteiger charge is -2.35. The van der Waals surface area contributed by atoms with Crippen LogP contribution in [0.2, 0.25) is 0 Å². The SMILES string of the molecule is NC[C@H]1CCCCN1C(=O)c1ccc(-c2ccc3c(c2)OC(F)(F)O3)cc1. The van der Waals surface area contributed by atoms with Gasteiger partial charge in [-0.25, -0.2) is 0 Å². The fourth-order valence-corrected chi connectivity index (χ4v) is 3.61. The average molecular weight is 374 g/mol. The molecule has 1 fully saturated rings. The molecule has 2 aromatic carbocycles. The fourth-order valence-electron chi connectivity index (χ4n) is 3.61. The molecular formula is C20H20F2N2O3. The number of carbonyl (C=O) groups is 1. The van der Waals surface area contributed by atoms with E-state index in [1.807, 2.05) is 4.90 Å². The number of piperidine rings is 1. The minimum absolute atomic E-state index is 0.00300. The second-order valence-corrected chi connectivity index (χ2v) is 6.79. The van der Waals surface area contributed by atoms with Gasteiger partial charge >= 0.3 is 6.29 Å². The predicted octanol–water partition coefficient (Wildman–Crippen LogP) is 3.63. The first kappa shape index (κ1) is 17.7. The second kappa shape index (κ2) is 6.81. The molecule has 1 atom stereocenters. The maximum Gasteiger partial charge on any atom is 0.586 e. The molecule has 0 saturated carbocycles. The van der Waals surface area contributed by atoms with E-state index < -0.39 is 6.29 Å². The molecule has 2 heterocycles. The number of halogens is 2. The Morgan fingerprint density at radius 3 is 2.52 bits per heavy atom. The van der Waals surface area contributed by atoms with E-state index in [1.54, 1.807) is 30.3 Å². The first-order valence-corrected chi connectivity index (χ1v) is 8.98. The number of rotatable bonds is 3. The van der Waals surface area contributed by atoms with Crippen LogP contribution in [0.4, 0.5) is 8.78 Å². The number of hydrogen-bond acceptors (Lipinski definition) is 4. The molecule has 0 unspecified atom stereocenters. The van der Waals surface area contributed by atoms with Crippen LogP contribution in [0.15, 0.2) is 42.5 Å². The third-order valence-electron chi connectivity index (χ3n) is 5.03. The number of alkyl halides is 2. The lowest BCUT2D eigenvalue weighted by atomic mass is 9.99. The summed E-state index contributed by atoms with van der Waals surface area (Å²) in [6.07, 6.45) is -0.622. The van der Waals surface area contributed by atoms with Crippen LogP contribution in [0.1, 0.15) is 29.6 Å². The van der Waals surface area contributed by atoms with Crippen molar-refractivity contribution in [2.45, 2.75) is 31.6 Å². The summed E-state index contributed by atoms with van der Waals surface area (Å²) in [5.41, 5.74) is 7.89. The maximum atomic E-state index is 13.2. The van der Waals surface area contributed by atoms with Crippen molar-refractivity contribution < 1.29 is 23.0 Å². The molecule has 0 radical (unpaired) electrons. The summed E-state index contributed by atoms with van der Waals surface area (Å²) in [6.45, 7) is 1.18. The minimum atomic E-state index is -3.63. The van der Waals surface area contributed by atoms with Crippen LogP contribution in [-0.4, -0.2) is 36.2 Å². The summed E-state index contributed by atoms with van der Waals surface area (Å²) in [5.74, 6) is -0.0211. The predicted molar refractivity (Wildman–Crippen MR) is 95.8 cm³/mol.